The lowest BCUT2D eigenvalue weighted by molar-refractivity contribution is 0.115. The molecule has 1 fully saturated rings. The van der Waals surface area contributed by atoms with Crippen LogP contribution >= 0.6 is 11.6 Å². The Morgan fingerprint density at radius 2 is 1.93 bits per heavy atom. The summed E-state index contributed by atoms with van der Waals surface area (Å²) >= 11 is 5.89. The van der Waals surface area contributed by atoms with Gasteiger partial charge < -0.3 is 5.32 Å². The van der Waals surface area contributed by atoms with Gasteiger partial charge in [0.05, 0.1) is 0 Å². The number of hydrogen-bond acceptors (Lipinski definition) is 1. The SMILES string of the molecule is Fc1ccc(Cl)c(C2(F)CCNCC2)c1. The summed E-state index contributed by atoms with van der Waals surface area (Å²) in [5.74, 6) is -0.440. The third-order valence-electron chi connectivity index (χ3n) is 2.81. The molecule has 15 heavy (non-hydrogen) atoms. The van der Waals surface area contributed by atoms with Crippen LogP contribution in [0.5, 0.6) is 0 Å². The standard InChI is InChI=1S/C11H12ClF2N/c12-10-2-1-8(13)7-9(10)11(14)3-5-15-6-4-11/h1-2,7,15H,3-6H2. The Kier molecular flexibility index (Phi) is 2.94. The molecule has 0 spiro atoms. The molecule has 1 heterocycles. The summed E-state index contributed by atoms with van der Waals surface area (Å²) in [5.41, 5.74) is -1.20. The minimum absolute atomic E-state index is 0.283. The van der Waals surface area contributed by atoms with E-state index in [1.807, 2.05) is 0 Å². The highest BCUT2D eigenvalue weighted by Crippen LogP contribution is 2.39. The molecule has 1 aromatic rings. The molecular formula is C11H12ClF2N. The Morgan fingerprint density at radius 1 is 1.27 bits per heavy atom. The minimum Gasteiger partial charge on any atom is -0.316 e. The monoisotopic (exact) mass is 231 g/mol. The van der Waals surface area contributed by atoms with Gasteiger partial charge in [-0.05, 0) is 44.1 Å². The molecular weight excluding hydrogens is 220 g/mol. The smallest absolute Gasteiger partial charge is 0.140 e. The van der Waals surface area contributed by atoms with E-state index in [1.54, 1.807) is 0 Å². The van der Waals surface area contributed by atoms with Crippen molar-refractivity contribution in [1.29, 1.82) is 0 Å². The summed E-state index contributed by atoms with van der Waals surface area (Å²) in [6, 6.07) is 3.86. The van der Waals surface area contributed by atoms with Crippen LogP contribution in [0.1, 0.15) is 18.4 Å². The molecule has 0 aliphatic carbocycles. The minimum atomic E-state index is -1.48. The van der Waals surface area contributed by atoms with Gasteiger partial charge in [0.25, 0.3) is 0 Å². The molecule has 0 atom stereocenters. The summed E-state index contributed by atoms with van der Waals surface area (Å²) in [6.45, 7) is 1.20. The second kappa shape index (κ2) is 4.06. The second-order valence-corrected chi connectivity index (χ2v) is 4.25. The van der Waals surface area contributed by atoms with E-state index in [-0.39, 0.29) is 5.56 Å². The molecule has 2 rings (SSSR count). The van der Waals surface area contributed by atoms with Gasteiger partial charge in [-0.2, -0.15) is 0 Å². The van der Waals surface area contributed by atoms with E-state index >= 15 is 0 Å². The van der Waals surface area contributed by atoms with Crippen LogP contribution in [-0.4, -0.2) is 13.1 Å². The number of alkyl halides is 1. The lowest BCUT2D eigenvalue weighted by Crippen LogP contribution is -2.36. The van der Waals surface area contributed by atoms with E-state index in [0.717, 1.165) is 0 Å². The van der Waals surface area contributed by atoms with Gasteiger partial charge in [0.2, 0.25) is 0 Å². The highest BCUT2D eigenvalue weighted by Gasteiger charge is 2.35. The Labute approximate surface area is 92.4 Å². The molecule has 4 heteroatoms. The summed E-state index contributed by atoms with van der Waals surface area (Å²) in [5, 5.41) is 3.37. The van der Waals surface area contributed by atoms with Gasteiger partial charge >= 0.3 is 0 Å². The van der Waals surface area contributed by atoms with E-state index in [2.05, 4.69) is 5.32 Å². The third kappa shape index (κ3) is 2.13. The van der Waals surface area contributed by atoms with Gasteiger partial charge in [0, 0.05) is 10.6 Å². The summed E-state index contributed by atoms with van der Waals surface area (Å²) in [6.07, 6.45) is 0.687. The Morgan fingerprint density at radius 3 is 2.60 bits per heavy atom. The fourth-order valence-corrected chi connectivity index (χ4v) is 2.22. The maximum atomic E-state index is 14.5. The van der Waals surface area contributed by atoms with Crippen molar-refractivity contribution in [2.24, 2.45) is 0 Å². The van der Waals surface area contributed by atoms with Gasteiger partial charge in [0.1, 0.15) is 11.5 Å². The predicted molar refractivity (Wildman–Crippen MR) is 56.3 cm³/mol. The first-order valence-electron chi connectivity index (χ1n) is 4.97. The molecule has 1 aliphatic rings. The van der Waals surface area contributed by atoms with Crippen LogP contribution in [0, 0.1) is 5.82 Å². The van der Waals surface area contributed by atoms with Crippen LogP contribution in [0.4, 0.5) is 8.78 Å². The van der Waals surface area contributed by atoms with Gasteiger partial charge in [0.15, 0.2) is 0 Å². The third-order valence-corrected chi connectivity index (χ3v) is 3.14. The fraction of sp³-hybridized carbons (Fsp3) is 0.455. The van der Waals surface area contributed by atoms with Crippen molar-refractivity contribution in [1.82, 2.24) is 5.32 Å². The molecule has 0 saturated carbocycles. The molecule has 0 bridgehead atoms. The average Bonchev–Trinajstić information content (AvgIpc) is 2.23. The molecule has 1 aromatic carbocycles. The molecule has 0 unspecified atom stereocenters. The Hall–Kier alpha value is -0.670. The first-order valence-corrected chi connectivity index (χ1v) is 5.35. The Balaban J connectivity index is 2.38. The van der Waals surface area contributed by atoms with E-state index in [9.17, 15) is 8.78 Å². The van der Waals surface area contributed by atoms with Crippen molar-refractivity contribution in [2.75, 3.05) is 13.1 Å². The number of hydrogen-bond donors (Lipinski definition) is 1. The lowest BCUT2D eigenvalue weighted by atomic mass is 9.87. The van der Waals surface area contributed by atoms with Crippen LogP contribution in [0.2, 0.25) is 5.02 Å². The predicted octanol–water partition coefficient (Wildman–Crippen LogP) is 3.03. The quantitative estimate of drug-likeness (QED) is 0.784. The molecule has 0 aromatic heterocycles. The maximum Gasteiger partial charge on any atom is 0.140 e. The summed E-state index contributed by atoms with van der Waals surface area (Å²) in [4.78, 5) is 0. The zero-order chi connectivity index (χ0) is 10.9. The van der Waals surface area contributed by atoms with Gasteiger partial charge in [-0.25, -0.2) is 8.78 Å². The van der Waals surface area contributed by atoms with E-state index in [1.165, 1.54) is 18.2 Å². The van der Waals surface area contributed by atoms with Crippen LogP contribution in [0.15, 0.2) is 18.2 Å². The molecule has 1 saturated heterocycles. The fourth-order valence-electron chi connectivity index (χ4n) is 1.93. The van der Waals surface area contributed by atoms with Crippen molar-refractivity contribution in [3.63, 3.8) is 0 Å². The first kappa shape index (κ1) is 10.8. The molecule has 82 valence electrons. The average molecular weight is 232 g/mol. The number of piperidine rings is 1. The number of rotatable bonds is 1. The highest BCUT2D eigenvalue weighted by molar-refractivity contribution is 6.31. The summed E-state index contributed by atoms with van der Waals surface area (Å²) < 4.78 is 27.5. The topological polar surface area (TPSA) is 12.0 Å². The maximum absolute atomic E-state index is 14.5. The Bertz CT molecular complexity index is 362. The van der Waals surface area contributed by atoms with E-state index in [0.29, 0.717) is 31.0 Å². The van der Waals surface area contributed by atoms with Crippen molar-refractivity contribution in [3.8, 4) is 0 Å². The van der Waals surface area contributed by atoms with Crippen molar-refractivity contribution < 1.29 is 8.78 Å². The van der Waals surface area contributed by atoms with Crippen LogP contribution in [0.25, 0.3) is 0 Å². The van der Waals surface area contributed by atoms with Gasteiger partial charge in [-0.3, -0.25) is 0 Å². The van der Waals surface area contributed by atoms with Crippen LogP contribution in [0.3, 0.4) is 0 Å². The molecule has 1 nitrogen and oxygen atoms in total. The molecule has 0 radical (unpaired) electrons. The number of nitrogens with one attached hydrogen (secondary N) is 1. The van der Waals surface area contributed by atoms with Crippen molar-refractivity contribution in [3.05, 3.63) is 34.6 Å². The van der Waals surface area contributed by atoms with E-state index in [4.69, 9.17) is 11.6 Å². The molecule has 1 N–H and O–H groups in total. The van der Waals surface area contributed by atoms with Crippen LogP contribution < -0.4 is 5.32 Å². The van der Waals surface area contributed by atoms with Gasteiger partial charge in [-0.1, -0.05) is 11.6 Å². The zero-order valence-electron chi connectivity index (χ0n) is 8.19. The van der Waals surface area contributed by atoms with E-state index < -0.39 is 11.5 Å². The highest BCUT2D eigenvalue weighted by atomic mass is 35.5. The molecule has 0 amide bonds. The van der Waals surface area contributed by atoms with Gasteiger partial charge in [-0.15, -0.1) is 0 Å². The lowest BCUT2D eigenvalue weighted by Gasteiger charge is -2.31. The van der Waals surface area contributed by atoms with Crippen molar-refractivity contribution >= 4 is 11.6 Å². The first-order chi connectivity index (χ1) is 7.12. The van der Waals surface area contributed by atoms with Crippen molar-refractivity contribution in [2.45, 2.75) is 18.5 Å². The largest absolute Gasteiger partial charge is 0.316 e. The molecule has 1 aliphatic heterocycles. The number of benzene rings is 1. The second-order valence-electron chi connectivity index (χ2n) is 3.84. The normalized spacial score (nSPS) is 20.2. The van der Waals surface area contributed by atoms with Crippen LogP contribution in [-0.2, 0) is 5.67 Å². The number of halogens is 3. The zero-order valence-corrected chi connectivity index (χ0v) is 8.95. The summed E-state index contributed by atoms with van der Waals surface area (Å²) in [7, 11) is 0.